The van der Waals surface area contributed by atoms with Crippen molar-refractivity contribution in [3.8, 4) is 11.1 Å². The Kier molecular flexibility index (Phi) is 7.67. The first-order valence-corrected chi connectivity index (χ1v) is 10.7. The molecule has 0 spiro atoms. The fraction of sp³-hybridized carbons (Fsp3) is 0.259. The average molecular weight is 426 g/mol. The molecular formula is C27H26F4. The summed E-state index contributed by atoms with van der Waals surface area (Å²) in [6, 6.07) is 13.2. The number of benzene rings is 3. The predicted molar refractivity (Wildman–Crippen MR) is 120 cm³/mol. The van der Waals surface area contributed by atoms with Crippen molar-refractivity contribution >= 4 is 12.2 Å². The Morgan fingerprint density at radius 1 is 0.613 bits per heavy atom. The van der Waals surface area contributed by atoms with Gasteiger partial charge in [0.05, 0.1) is 0 Å². The SMILES string of the molecule is CCCCc1ccc(-c2ccc(/C=C/c3ccc(CCC)c(F)c3F)cc2)c(F)c1F. The molecule has 3 aromatic rings. The summed E-state index contributed by atoms with van der Waals surface area (Å²) in [7, 11) is 0. The van der Waals surface area contributed by atoms with Crippen LogP contribution in [0, 0.1) is 23.3 Å². The van der Waals surface area contributed by atoms with Crippen LogP contribution in [-0.2, 0) is 12.8 Å². The lowest BCUT2D eigenvalue weighted by molar-refractivity contribution is 0.496. The van der Waals surface area contributed by atoms with Gasteiger partial charge in [0.1, 0.15) is 0 Å². The third-order valence-electron chi connectivity index (χ3n) is 5.35. The number of hydrogen-bond acceptors (Lipinski definition) is 0. The van der Waals surface area contributed by atoms with Crippen molar-refractivity contribution in [2.75, 3.05) is 0 Å². The number of aryl methyl sites for hydroxylation is 2. The zero-order chi connectivity index (χ0) is 22.4. The second-order valence-electron chi connectivity index (χ2n) is 7.65. The zero-order valence-electron chi connectivity index (χ0n) is 17.8. The Bertz CT molecular complexity index is 1070. The Morgan fingerprint density at radius 3 is 1.94 bits per heavy atom. The van der Waals surface area contributed by atoms with E-state index in [9.17, 15) is 17.6 Å². The summed E-state index contributed by atoms with van der Waals surface area (Å²) in [6.45, 7) is 3.92. The van der Waals surface area contributed by atoms with Gasteiger partial charge < -0.3 is 0 Å². The Morgan fingerprint density at radius 2 is 1.26 bits per heavy atom. The maximum Gasteiger partial charge on any atom is 0.166 e. The highest BCUT2D eigenvalue weighted by molar-refractivity contribution is 5.72. The van der Waals surface area contributed by atoms with Gasteiger partial charge in [-0.25, -0.2) is 17.6 Å². The Labute approximate surface area is 181 Å². The van der Waals surface area contributed by atoms with E-state index < -0.39 is 23.3 Å². The summed E-state index contributed by atoms with van der Waals surface area (Å²) in [5, 5.41) is 0. The van der Waals surface area contributed by atoms with Gasteiger partial charge in [-0.15, -0.1) is 0 Å². The average Bonchev–Trinajstić information content (AvgIpc) is 2.78. The van der Waals surface area contributed by atoms with Crippen LogP contribution in [0.2, 0.25) is 0 Å². The van der Waals surface area contributed by atoms with Crippen molar-refractivity contribution in [1.82, 2.24) is 0 Å². The molecule has 0 amide bonds. The molecule has 0 saturated heterocycles. The van der Waals surface area contributed by atoms with Crippen LogP contribution in [-0.4, -0.2) is 0 Å². The lowest BCUT2D eigenvalue weighted by Gasteiger charge is -2.09. The molecule has 0 atom stereocenters. The van der Waals surface area contributed by atoms with E-state index in [1.807, 2.05) is 13.8 Å². The predicted octanol–water partition coefficient (Wildman–Crippen LogP) is 8.38. The molecule has 162 valence electrons. The van der Waals surface area contributed by atoms with Crippen molar-refractivity contribution in [3.63, 3.8) is 0 Å². The van der Waals surface area contributed by atoms with Crippen LogP contribution in [0.25, 0.3) is 23.3 Å². The molecule has 31 heavy (non-hydrogen) atoms. The van der Waals surface area contributed by atoms with Crippen LogP contribution in [0.3, 0.4) is 0 Å². The number of rotatable bonds is 8. The fourth-order valence-corrected chi connectivity index (χ4v) is 3.53. The summed E-state index contributed by atoms with van der Waals surface area (Å²) < 4.78 is 57.3. The number of hydrogen-bond donors (Lipinski definition) is 0. The maximum absolute atomic E-state index is 14.5. The molecule has 0 saturated carbocycles. The second kappa shape index (κ2) is 10.4. The monoisotopic (exact) mass is 426 g/mol. The van der Waals surface area contributed by atoms with Crippen LogP contribution < -0.4 is 0 Å². The van der Waals surface area contributed by atoms with Crippen molar-refractivity contribution in [2.24, 2.45) is 0 Å². The second-order valence-corrected chi connectivity index (χ2v) is 7.65. The van der Waals surface area contributed by atoms with Gasteiger partial charge in [0.2, 0.25) is 0 Å². The molecule has 0 unspecified atom stereocenters. The molecule has 3 rings (SSSR count). The minimum atomic E-state index is -0.862. The standard InChI is InChI=1S/C27H26F4/c1-3-5-7-21-16-17-23(27(31)26(21)30)19-11-8-18(9-12-19)10-13-22-15-14-20(6-4-2)24(28)25(22)29/h8-17H,3-7H2,1-2H3/b13-10+. The van der Waals surface area contributed by atoms with E-state index in [1.54, 1.807) is 54.6 Å². The Balaban J connectivity index is 1.80. The van der Waals surface area contributed by atoms with Gasteiger partial charge in [0, 0.05) is 11.1 Å². The maximum atomic E-state index is 14.5. The molecule has 0 aliphatic rings. The molecule has 0 fully saturated rings. The van der Waals surface area contributed by atoms with Crippen LogP contribution in [0.15, 0.2) is 48.5 Å². The highest BCUT2D eigenvalue weighted by Crippen LogP contribution is 2.28. The van der Waals surface area contributed by atoms with Crippen LogP contribution >= 0.6 is 0 Å². The minimum absolute atomic E-state index is 0.164. The topological polar surface area (TPSA) is 0 Å². The van der Waals surface area contributed by atoms with E-state index in [-0.39, 0.29) is 11.1 Å². The van der Waals surface area contributed by atoms with Gasteiger partial charge in [-0.05, 0) is 41.5 Å². The summed E-state index contributed by atoms with van der Waals surface area (Å²) in [6.07, 6.45) is 6.63. The zero-order valence-corrected chi connectivity index (χ0v) is 17.8. The first-order valence-electron chi connectivity index (χ1n) is 10.7. The van der Waals surface area contributed by atoms with Crippen molar-refractivity contribution < 1.29 is 17.6 Å². The third-order valence-corrected chi connectivity index (χ3v) is 5.35. The van der Waals surface area contributed by atoms with Crippen molar-refractivity contribution in [2.45, 2.75) is 46.0 Å². The first kappa shape index (κ1) is 22.8. The molecule has 4 heteroatoms. The van der Waals surface area contributed by atoms with Crippen LogP contribution in [0.4, 0.5) is 17.6 Å². The van der Waals surface area contributed by atoms with E-state index in [1.165, 1.54) is 6.08 Å². The van der Waals surface area contributed by atoms with Crippen molar-refractivity contribution in [3.05, 3.63) is 94.1 Å². The molecule has 0 bridgehead atoms. The number of halogens is 4. The molecule has 0 nitrogen and oxygen atoms in total. The molecule has 0 heterocycles. The molecule has 0 aromatic heterocycles. The largest absolute Gasteiger partial charge is 0.203 e. The highest BCUT2D eigenvalue weighted by atomic mass is 19.2. The molecule has 0 aliphatic carbocycles. The molecule has 0 N–H and O–H groups in total. The van der Waals surface area contributed by atoms with Crippen LogP contribution in [0.1, 0.15) is 55.4 Å². The van der Waals surface area contributed by atoms with Crippen LogP contribution in [0.5, 0.6) is 0 Å². The lowest BCUT2D eigenvalue weighted by atomic mass is 9.99. The van der Waals surface area contributed by atoms with E-state index >= 15 is 0 Å². The van der Waals surface area contributed by atoms with E-state index in [0.29, 0.717) is 29.5 Å². The van der Waals surface area contributed by atoms with E-state index in [0.717, 1.165) is 24.8 Å². The fourth-order valence-electron chi connectivity index (χ4n) is 3.53. The number of unbranched alkanes of at least 4 members (excludes halogenated alkanes) is 1. The van der Waals surface area contributed by atoms with Gasteiger partial charge in [-0.1, -0.05) is 87.4 Å². The van der Waals surface area contributed by atoms with Gasteiger partial charge in [0.25, 0.3) is 0 Å². The van der Waals surface area contributed by atoms with Gasteiger partial charge in [-0.2, -0.15) is 0 Å². The third kappa shape index (κ3) is 5.25. The first-order chi connectivity index (χ1) is 15.0. The highest BCUT2D eigenvalue weighted by Gasteiger charge is 2.14. The van der Waals surface area contributed by atoms with Gasteiger partial charge >= 0.3 is 0 Å². The quantitative estimate of drug-likeness (QED) is 0.251. The lowest BCUT2D eigenvalue weighted by Crippen LogP contribution is -1.97. The summed E-state index contributed by atoms with van der Waals surface area (Å²) in [5.74, 6) is -3.31. The van der Waals surface area contributed by atoms with E-state index in [4.69, 9.17) is 0 Å². The normalized spacial score (nSPS) is 11.4. The van der Waals surface area contributed by atoms with Gasteiger partial charge in [-0.3, -0.25) is 0 Å². The van der Waals surface area contributed by atoms with Crippen molar-refractivity contribution in [1.29, 1.82) is 0 Å². The van der Waals surface area contributed by atoms with Gasteiger partial charge in [0.15, 0.2) is 23.3 Å². The Hall–Kier alpha value is -2.88. The molecule has 3 aromatic carbocycles. The molecule has 0 aliphatic heterocycles. The molecule has 0 radical (unpaired) electrons. The summed E-state index contributed by atoms with van der Waals surface area (Å²) >= 11 is 0. The minimum Gasteiger partial charge on any atom is -0.203 e. The van der Waals surface area contributed by atoms with E-state index in [2.05, 4.69) is 0 Å². The summed E-state index contributed by atoms with van der Waals surface area (Å²) in [4.78, 5) is 0. The summed E-state index contributed by atoms with van der Waals surface area (Å²) in [5.41, 5.74) is 2.42. The molecular weight excluding hydrogens is 400 g/mol. The smallest absolute Gasteiger partial charge is 0.166 e.